The lowest BCUT2D eigenvalue weighted by Gasteiger charge is -2.25. The molecule has 336 valence electrons. The lowest BCUT2D eigenvalue weighted by atomic mass is 9.88. The van der Waals surface area contributed by atoms with Gasteiger partial charge in [0.2, 0.25) is 0 Å². The Bertz CT molecular complexity index is 2500. The van der Waals surface area contributed by atoms with Gasteiger partial charge in [0, 0.05) is 70.3 Å². The first kappa shape index (κ1) is 50.0. The second-order valence-corrected chi connectivity index (χ2v) is 22.0. The molecule has 1 saturated heterocycles. The molecular formula is C37H47BN3O16P3S2. The van der Waals surface area contributed by atoms with Crippen LogP contribution in [0.25, 0.3) is 33.4 Å². The standard InChI is InChI=1S/C37H47BN3O16P3S2/c1-7-39-27-14-29-25(11-20(27)3)34(26-12-21(4)28(40-8-2)15-30(26)54-29)23-10-9-22(13-24(23)36(43)44)35(42)41-18-37(5,6)62-61-19-52-31-16-33(38)55-32(31)17-53-59(48,49)57-60(50,51)56-58(45,46)47/h9-15,31-33,39H,7-8,16-19H2,1-6H3,(H,41,42)(H,43,44)(H,48,49)(H,50,51)(H2,45,46,47)/t31?,32-,33-/m1/s1. The van der Waals surface area contributed by atoms with Crippen molar-refractivity contribution in [3.05, 3.63) is 70.1 Å². The highest BCUT2D eigenvalue weighted by Crippen LogP contribution is 2.66. The number of nitrogens with one attached hydrogen (secondary N) is 2. The van der Waals surface area contributed by atoms with Crippen LogP contribution >= 0.6 is 45.1 Å². The zero-order valence-corrected chi connectivity index (χ0v) is 38.7. The molecule has 3 aliphatic rings. The van der Waals surface area contributed by atoms with Gasteiger partial charge in [-0.05, 0) is 88.9 Å². The zero-order chi connectivity index (χ0) is 45.8. The van der Waals surface area contributed by atoms with Crippen molar-refractivity contribution in [1.82, 2.24) is 5.32 Å². The van der Waals surface area contributed by atoms with Crippen LogP contribution in [-0.2, 0) is 36.3 Å². The third kappa shape index (κ3) is 13.3. The number of carboxylic acids is 1. The molecule has 3 unspecified atom stereocenters. The number of aromatic carboxylic acids is 1. The van der Waals surface area contributed by atoms with E-state index in [-0.39, 0.29) is 30.0 Å². The molecule has 0 saturated carbocycles. The van der Waals surface area contributed by atoms with E-state index in [9.17, 15) is 38.2 Å². The number of phosphoric ester groups is 1. The minimum absolute atomic E-state index is 0.0538. The fraction of sp³-hybridized carbons (Fsp3) is 0.432. The van der Waals surface area contributed by atoms with Crippen LogP contribution in [0.2, 0.25) is 0 Å². The van der Waals surface area contributed by atoms with E-state index in [1.165, 1.54) is 27.7 Å². The van der Waals surface area contributed by atoms with Crippen molar-refractivity contribution in [2.75, 3.05) is 37.5 Å². The largest absolute Gasteiger partial charge is 0.490 e. The molecule has 1 aliphatic carbocycles. The quantitative estimate of drug-likeness (QED) is 0.0121. The predicted molar refractivity (Wildman–Crippen MR) is 235 cm³/mol. The normalized spacial score (nSPS) is 19.4. The van der Waals surface area contributed by atoms with E-state index in [2.05, 4.69) is 28.8 Å². The Morgan fingerprint density at radius 2 is 1.71 bits per heavy atom. The van der Waals surface area contributed by atoms with Gasteiger partial charge in [0.15, 0.2) is 0 Å². The summed E-state index contributed by atoms with van der Waals surface area (Å²) < 4.78 is 63.9. The van der Waals surface area contributed by atoms with E-state index in [1.54, 1.807) is 12.1 Å². The average molecular weight is 958 g/mol. The first-order valence-electron chi connectivity index (χ1n) is 18.9. The fourth-order valence-electron chi connectivity index (χ4n) is 6.55. The molecule has 0 spiro atoms. The number of aryl methyl sites for hydroxylation is 2. The number of hydrogen-bond donors (Lipinski definition) is 7. The van der Waals surface area contributed by atoms with Gasteiger partial charge in [-0.25, -0.2) is 18.5 Å². The molecule has 2 aromatic carbocycles. The molecule has 7 N–H and O–H groups in total. The van der Waals surface area contributed by atoms with E-state index in [4.69, 9.17) is 31.5 Å². The molecule has 5 atom stereocenters. The van der Waals surface area contributed by atoms with Gasteiger partial charge >= 0.3 is 29.4 Å². The van der Waals surface area contributed by atoms with Crippen molar-refractivity contribution in [1.29, 1.82) is 0 Å². The van der Waals surface area contributed by atoms with Crippen molar-refractivity contribution in [3.63, 3.8) is 0 Å². The number of phosphoric acid groups is 3. The van der Waals surface area contributed by atoms with E-state index >= 15 is 0 Å². The van der Waals surface area contributed by atoms with Crippen LogP contribution in [0.4, 0.5) is 5.69 Å². The summed E-state index contributed by atoms with van der Waals surface area (Å²) in [6.45, 7) is 12.3. The summed E-state index contributed by atoms with van der Waals surface area (Å²) in [6.07, 6.45) is -1.66. The highest BCUT2D eigenvalue weighted by atomic mass is 33.1. The van der Waals surface area contributed by atoms with Gasteiger partial charge in [0.05, 0.1) is 23.6 Å². The summed E-state index contributed by atoms with van der Waals surface area (Å²) in [4.78, 5) is 67.6. The minimum atomic E-state index is -5.70. The first-order chi connectivity index (χ1) is 28.9. The average Bonchev–Trinajstić information content (AvgIpc) is 3.52. The number of carbonyl (C=O) groups excluding carboxylic acids is 1. The van der Waals surface area contributed by atoms with E-state index in [0.29, 0.717) is 46.5 Å². The topological polar surface area (TPSA) is 282 Å². The second kappa shape index (κ2) is 20.4. The summed E-state index contributed by atoms with van der Waals surface area (Å²) >= 11 is 0. The molecule has 62 heavy (non-hydrogen) atoms. The van der Waals surface area contributed by atoms with Gasteiger partial charge < -0.3 is 49.2 Å². The van der Waals surface area contributed by atoms with Crippen LogP contribution in [0.15, 0.2) is 51.9 Å². The number of ether oxygens (including phenoxy) is 2. The molecule has 2 radical (unpaired) electrons. The molecular weight excluding hydrogens is 910 g/mol. The van der Waals surface area contributed by atoms with Crippen LogP contribution in [0, 0.1) is 13.8 Å². The zero-order valence-electron chi connectivity index (χ0n) is 34.4. The Balaban J connectivity index is 1.25. The van der Waals surface area contributed by atoms with E-state index < -0.39 is 64.9 Å². The van der Waals surface area contributed by atoms with Crippen molar-refractivity contribution in [3.8, 4) is 22.5 Å². The molecule has 5 rings (SSSR count). The third-order valence-electron chi connectivity index (χ3n) is 9.20. The summed E-state index contributed by atoms with van der Waals surface area (Å²) in [5.74, 6) is -1.12. The first-order valence-corrected chi connectivity index (χ1v) is 25.8. The number of rotatable bonds is 20. The number of hydrogen-bond acceptors (Lipinski definition) is 15. The SMILES string of the molecule is [B][C@H]1CC(OCSSC(C)(C)CNC(=O)c2ccc(-c3c4cc(C)c(=NCC)cc-4oc4cc(NCC)c(C)cc34)c(C(=O)O)c2)[C@@H](COP(=O)(O)OP(=O)(O)OP(=O)(O)O)O1. The van der Waals surface area contributed by atoms with Crippen LogP contribution in [-0.4, -0.2) is 99.5 Å². The highest BCUT2D eigenvalue weighted by molar-refractivity contribution is 8.77. The summed E-state index contributed by atoms with van der Waals surface area (Å²) in [7, 11) is -8.14. The highest BCUT2D eigenvalue weighted by Gasteiger charge is 2.42. The van der Waals surface area contributed by atoms with Gasteiger partial charge in [-0.2, -0.15) is 8.62 Å². The minimum Gasteiger partial charge on any atom is -0.478 e. The van der Waals surface area contributed by atoms with Crippen LogP contribution in [0.3, 0.4) is 0 Å². The number of carbonyl (C=O) groups is 2. The lowest BCUT2D eigenvalue weighted by Crippen LogP contribution is -2.36. The molecule has 2 aliphatic heterocycles. The van der Waals surface area contributed by atoms with Gasteiger partial charge in [-0.3, -0.25) is 14.3 Å². The van der Waals surface area contributed by atoms with Crippen molar-refractivity contribution in [2.24, 2.45) is 4.99 Å². The number of benzene rings is 3. The monoisotopic (exact) mass is 957 g/mol. The molecule has 0 bridgehead atoms. The lowest BCUT2D eigenvalue weighted by molar-refractivity contribution is -0.0237. The van der Waals surface area contributed by atoms with Gasteiger partial charge in [0.1, 0.15) is 31.2 Å². The Morgan fingerprint density at radius 1 is 0.984 bits per heavy atom. The predicted octanol–water partition coefficient (Wildman–Crippen LogP) is 6.73. The maximum absolute atomic E-state index is 13.5. The van der Waals surface area contributed by atoms with Crippen LogP contribution in [0.1, 0.15) is 66.0 Å². The second-order valence-electron chi connectivity index (χ2n) is 14.6. The molecule has 1 amide bonds. The van der Waals surface area contributed by atoms with Crippen molar-refractivity contribution >= 4 is 81.4 Å². The smallest absolute Gasteiger partial charge is 0.478 e. The van der Waals surface area contributed by atoms with Crippen LogP contribution in [0.5, 0.6) is 0 Å². The van der Waals surface area contributed by atoms with E-state index in [0.717, 1.165) is 22.2 Å². The summed E-state index contributed by atoms with van der Waals surface area (Å²) in [5, 5.41) is 18.2. The number of anilines is 1. The van der Waals surface area contributed by atoms with E-state index in [1.807, 2.05) is 65.8 Å². The Morgan fingerprint density at radius 3 is 2.37 bits per heavy atom. The molecule has 2 aromatic rings. The molecule has 25 heteroatoms. The molecule has 19 nitrogen and oxygen atoms in total. The fourth-order valence-corrected chi connectivity index (χ4v) is 11.7. The number of nitrogens with zero attached hydrogens (tertiary/aromatic N) is 1. The number of carboxylic acid groups (broad SMARTS) is 1. The molecule has 2 heterocycles. The Labute approximate surface area is 366 Å². The Hall–Kier alpha value is -3.04. The number of amides is 1. The van der Waals surface area contributed by atoms with Gasteiger partial charge in [0.25, 0.3) is 5.91 Å². The van der Waals surface area contributed by atoms with Crippen LogP contribution < -0.4 is 16.0 Å². The van der Waals surface area contributed by atoms with Gasteiger partial charge in [-0.15, -0.1) is 0 Å². The maximum atomic E-state index is 13.5. The third-order valence-corrected chi connectivity index (χ3v) is 15.9. The molecule has 1 fully saturated rings. The van der Waals surface area contributed by atoms with Crippen molar-refractivity contribution in [2.45, 2.75) is 70.9 Å². The summed E-state index contributed by atoms with van der Waals surface area (Å²) in [6, 6.07) is 11.4. The summed E-state index contributed by atoms with van der Waals surface area (Å²) in [5.41, 5.74) is 5.09. The maximum Gasteiger partial charge on any atom is 0.490 e. The molecule has 0 aromatic heterocycles. The van der Waals surface area contributed by atoms with Crippen molar-refractivity contribution < 1.29 is 75.0 Å². The van der Waals surface area contributed by atoms with Gasteiger partial charge in [-0.1, -0.05) is 27.7 Å². The number of fused-ring (bicyclic) bond motifs is 2. The Kier molecular flexibility index (Phi) is 16.5.